The molecule has 7 nitrogen and oxygen atoms in total. The number of carbonyl (C=O) groups is 1. The number of halogens is 2. The summed E-state index contributed by atoms with van der Waals surface area (Å²) in [5.74, 6) is 0.0895. The fourth-order valence-electron chi connectivity index (χ4n) is 3.74. The minimum atomic E-state index is -0.961. The summed E-state index contributed by atoms with van der Waals surface area (Å²) < 4.78 is 27.9. The highest BCUT2D eigenvalue weighted by Crippen LogP contribution is 2.45. The van der Waals surface area contributed by atoms with E-state index >= 15 is 0 Å². The van der Waals surface area contributed by atoms with Crippen molar-refractivity contribution in [1.29, 1.82) is 0 Å². The van der Waals surface area contributed by atoms with Gasteiger partial charge in [-0.05, 0) is 49.2 Å². The number of nitrogens with one attached hydrogen (secondary N) is 3. The number of anilines is 2. The highest BCUT2D eigenvalue weighted by atomic mass is 19.1. The number of carbonyl (C=O) groups excluding carboxylic acids is 1. The van der Waals surface area contributed by atoms with Crippen molar-refractivity contribution < 1.29 is 13.6 Å². The number of alkyl halides is 1. The summed E-state index contributed by atoms with van der Waals surface area (Å²) in [6.07, 6.45) is 0.999. The van der Waals surface area contributed by atoms with Crippen LogP contribution >= 0.6 is 0 Å². The SMILES string of the molecule is CNC(=O)Nc1ccc(-c2ccc(NC[C@]3(c4ncccc4F)C[C@H](F)C3)nn2)cc1. The van der Waals surface area contributed by atoms with Crippen LogP contribution in [0.2, 0.25) is 0 Å². The van der Waals surface area contributed by atoms with Gasteiger partial charge in [-0.2, -0.15) is 0 Å². The average molecular weight is 424 g/mol. The minimum absolute atomic E-state index is 0.218. The van der Waals surface area contributed by atoms with Crippen molar-refractivity contribution in [2.75, 3.05) is 24.2 Å². The molecule has 1 saturated carbocycles. The summed E-state index contributed by atoms with van der Waals surface area (Å²) in [6, 6.07) is 13.4. The molecule has 0 spiro atoms. The first-order valence-corrected chi connectivity index (χ1v) is 9.91. The van der Waals surface area contributed by atoms with Crippen LogP contribution in [0.3, 0.4) is 0 Å². The summed E-state index contributed by atoms with van der Waals surface area (Å²) in [6.45, 7) is 0.315. The van der Waals surface area contributed by atoms with Crippen molar-refractivity contribution in [1.82, 2.24) is 20.5 Å². The van der Waals surface area contributed by atoms with Crippen LogP contribution in [-0.2, 0) is 5.41 Å². The van der Waals surface area contributed by atoms with E-state index in [1.165, 1.54) is 18.3 Å². The van der Waals surface area contributed by atoms with Crippen molar-refractivity contribution in [3.63, 3.8) is 0 Å². The fourth-order valence-corrected chi connectivity index (χ4v) is 3.74. The van der Waals surface area contributed by atoms with Gasteiger partial charge in [0.25, 0.3) is 0 Å². The van der Waals surface area contributed by atoms with Gasteiger partial charge in [-0.25, -0.2) is 13.6 Å². The summed E-state index contributed by atoms with van der Waals surface area (Å²) in [4.78, 5) is 15.5. The maximum absolute atomic E-state index is 14.3. The summed E-state index contributed by atoms with van der Waals surface area (Å²) in [7, 11) is 1.55. The largest absolute Gasteiger partial charge is 0.368 e. The second-order valence-electron chi connectivity index (χ2n) is 7.56. The van der Waals surface area contributed by atoms with Crippen LogP contribution in [0, 0.1) is 5.82 Å². The smallest absolute Gasteiger partial charge is 0.318 e. The summed E-state index contributed by atoms with van der Waals surface area (Å²) in [5, 5.41) is 16.7. The molecule has 31 heavy (non-hydrogen) atoms. The van der Waals surface area contributed by atoms with Gasteiger partial charge in [-0.3, -0.25) is 4.98 Å². The number of pyridine rings is 1. The Morgan fingerprint density at radius 3 is 2.52 bits per heavy atom. The molecule has 2 heterocycles. The summed E-state index contributed by atoms with van der Waals surface area (Å²) in [5.41, 5.74) is 1.75. The van der Waals surface area contributed by atoms with Crippen LogP contribution < -0.4 is 16.0 Å². The van der Waals surface area contributed by atoms with E-state index in [0.29, 0.717) is 23.7 Å². The molecule has 2 aromatic heterocycles. The molecule has 1 aromatic carbocycles. The molecule has 1 fully saturated rings. The summed E-state index contributed by atoms with van der Waals surface area (Å²) >= 11 is 0. The van der Waals surface area contributed by atoms with Gasteiger partial charge in [-0.15, -0.1) is 10.2 Å². The van der Waals surface area contributed by atoms with Crippen LogP contribution in [0.4, 0.5) is 25.1 Å². The van der Waals surface area contributed by atoms with E-state index in [1.54, 1.807) is 25.2 Å². The molecule has 4 rings (SSSR count). The molecule has 3 aromatic rings. The van der Waals surface area contributed by atoms with E-state index in [4.69, 9.17) is 0 Å². The molecule has 0 saturated heterocycles. The molecular weight excluding hydrogens is 402 g/mol. The number of hydrogen-bond donors (Lipinski definition) is 3. The number of aromatic nitrogens is 3. The van der Waals surface area contributed by atoms with Crippen molar-refractivity contribution in [2.24, 2.45) is 0 Å². The van der Waals surface area contributed by atoms with Gasteiger partial charge < -0.3 is 16.0 Å². The zero-order chi connectivity index (χ0) is 21.8. The molecule has 0 bridgehead atoms. The first-order valence-electron chi connectivity index (χ1n) is 9.91. The van der Waals surface area contributed by atoms with Gasteiger partial charge in [0.15, 0.2) is 0 Å². The molecule has 1 aliphatic rings. The van der Waals surface area contributed by atoms with E-state index in [1.807, 2.05) is 18.2 Å². The average Bonchev–Trinajstić information content (AvgIpc) is 2.77. The third kappa shape index (κ3) is 4.45. The topological polar surface area (TPSA) is 91.8 Å². The van der Waals surface area contributed by atoms with Crippen LogP contribution in [0.1, 0.15) is 18.5 Å². The van der Waals surface area contributed by atoms with Crippen molar-refractivity contribution in [3.8, 4) is 11.3 Å². The van der Waals surface area contributed by atoms with Crippen LogP contribution in [-0.4, -0.2) is 41.0 Å². The Balaban J connectivity index is 1.43. The third-order valence-corrected chi connectivity index (χ3v) is 5.42. The predicted octanol–water partition coefficient (Wildman–Crippen LogP) is 3.91. The Morgan fingerprint density at radius 1 is 1.13 bits per heavy atom. The maximum atomic E-state index is 14.3. The number of urea groups is 1. The highest BCUT2D eigenvalue weighted by molar-refractivity contribution is 5.89. The van der Waals surface area contributed by atoms with Crippen LogP contribution in [0.25, 0.3) is 11.3 Å². The monoisotopic (exact) mass is 424 g/mol. The number of hydrogen-bond acceptors (Lipinski definition) is 5. The molecule has 9 heteroatoms. The molecule has 0 radical (unpaired) electrons. The Labute approximate surface area is 178 Å². The lowest BCUT2D eigenvalue weighted by molar-refractivity contribution is 0.0964. The molecule has 3 N–H and O–H groups in total. The van der Waals surface area contributed by atoms with Crippen LogP contribution in [0.5, 0.6) is 0 Å². The van der Waals surface area contributed by atoms with E-state index in [-0.39, 0.29) is 24.6 Å². The Kier molecular flexibility index (Phi) is 5.75. The molecule has 0 aliphatic heterocycles. The van der Waals surface area contributed by atoms with Gasteiger partial charge in [-0.1, -0.05) is 12.1 Å². The van der Waals surface area contributed by atoms with Crippen molar-refractivity contribution in [2.45, 2.75) is 24.4 Å². The lowest BCUT2D eigenvalue weighted by atomic mass is 9.65. The number of rotatable bonds is 6. The first-order chi connectivity index (χ1) is 15.0. The molecular formula is C22H22F2N6O. The van der Waals surface area contributed by atoms with Crippen molar-refractivity contribution >= 4 is 17.5 Å². The van der Waals surface area contributed by atoms with Crippen molar-refractivity contribution in [3.05, 3.63) is 66.2 Å². The van der Waals surface area contributed by atoms with Crippen LogP contribution in [0.15, 0.2) is 54.7 Å². The van der Waals surface area contributed by atoms with Gasteiger partial charge in [0.2, 0.25) is 0 Å². The molecule has 0 unspecified atom stereocenters. The molecule has 0 atom stereocenters. The fraction of sp³-hybridized carbons (Fsp3) is 0.273. The number of amides is 2. The lowest BCUT2D eigenvalue weighted by Gasteiger charge is -2.44. The highest BCUT2D eigenvalue weighted by Gasteiger charge is 2.48. The van der Waals surface area contributed by atoms with E-state index < -0.39 is 17.4 Å². The quantitative estimate of drug-likeness (QED) is 0.558. The Morgan fingerprint density at radius 2 is 1.90 bits per heavy atom. The third-order valence-electron chi connectivity index (χ3n) is 5.42. The van der Waals surface area contributed by atoms with Gasteiger partial charge in [0.1, 0.15) is 17.8 Å². The molecule has 2 amide bonds. The second kappa shape index (κ2) is 8.63. The standard InChI is InChI=1S/C22H22F2N6O/c1-25-21(31)28-16-6-4-14(5-7-16)18-8-9-19(30-29-18)27-13-22(11-15(23)12-22)20-17(24)3-2-10-26-20/h2-10,15H,11-13H2,1H3,(H,27,30)(H2,25,28,31)/t15-,22-. The first kappa shape index (κ1) is 20.6. The zero-order valence-corrected chi connectivity index (χ0v) is 16.9. The predicted molar refractivity (Wildman–Crippen MR) is 114 cm³/mol. The Bertz CT molecular complexity index is 1050. The number of benzene rings is 1. The Hall–Kier alpha value is -3.62. The normalized spacial score (nSPS) is 19.9. The molecule has 1 aliphatic carbocycles. The second-order valence-corrected chi connectivity index (χ2v) is 7.56. The van der Waals surface area contributed by atoms with E-state index in [2.05, 4.69) is 31.1 Å². The van der Waals surface area contributed by atoms with E-state index in [9.17, 15) is 13.6 Å². The number of nitrogens with zero attached hydrogens (tertiary/aromatic N) is 3. The van der Waals surface area contributed by atoms with Gasteiger partial charge in [0, 0.05) is 36.5 Å². The minimum Gasteiger partial charge on any atom is -0.368 e. The molecule has 160 valence electrons. The lowest BCUT2D eigenvalue weighted by Crippen LogP contribution is -2.49. The van der Waals surface area contributed by atoms with Gasteiger partial charge >= 0.3 is 6.03 Å². The zero-order valence-electron chi connectivity index (χ0n) is 16.9. The van der Waals surface area contributed by atoms with Gasteiger partial charge in [0.05, 0.1) is 11.4 Å². The maximum Gasteiger partial charge on any atom is 0.318 e. The van der Waals surface area contributed by atoms with E-state index in [0.717, 1.165) is 5.56 Å².